The van der Waals surface area contributed by atoms with E-state index in [1.54, 1.807) is 19.2 Å². The van der Waals surface area contributed by atoms with E-state index in [0.717, 1.165) is 37.1 Å². The molecule has 2 aromatic carbocycles. The molecule has 7 heteroatoms. The maximum absolute atomic E-state index is 14.1. The van der Waals surface area contributed by atoms with Crippen LogP contribution in [0, 0.1) is 11.2 Å². The molecule has 0 unspecified atom stereocenters. The molecule has 2 aromatic rings. The lowest BCUT2D eigenvalue weighted by Gasteiger charge is -2.46. The summed E-state index contributed by atoms with van der Waals surface area (Å²) in [7, 11) is 3.72. The largest absolute Gasteiger partial charge is 0.358 e. The van der Waals surface area contributed by atoms with Gasteiger partial charge in [-0.05, 0) is 62.7 Å². The minimum absolute atomic E-state index is 0.0732. The summed E-state index contributed by atoms with van der Waals surface area (Å²) in [6.07, 6.45) is 1.98. The number of amides is 2. The maximum Gasteiger partial charge on any atom is 0.238 e. The van der Waals surface area contributed by atoms with E-state index in [1.165, 1.54) is 6.07 Å². The van der Waals surface area contributed by atoms with Gasteiger partial charge in [0.2, 0.25) is 11.8 Å². The number of hydrogen-bond donors (Lipinski definition) is 1. The fourth-order valence-electron chi connectivity index (χ4n) is 5.31. The van der Waals surface area contributed by atoms with Gasteiger partial charge in [-0.25, -0.2) is 4.39 Å². The quantitative estimate of drug-likeness (QED) is 0.711. The third kappa shape index (κ3) is 5.47. The number of carbonyl (C=O) groups excluding carboxylic acids is 2. The number of halogens is 1. The number of piperazine rings is 1. The van der Waals surface area contributed by atoms with E-state index in [-0.39, 0.29) is 17.6 Å². The van der Waals surface area contributed by atoms with Gasteiger partial charge in [-0.1, -0.05) is 42.5 Å². The molecule has 0 aliphatic carbocycles. The summed E-state index contributed by atoms with van der Waals surface area (Å²) in [4.78, 5) is 33.2. The van der Waals surface area contributed by atoms with Gasteiger partial charge in [-0.2, -0.15) is 0 Å². The van der Waals surface area contributed by atoms with Crippen molar-refractivity contribution >= 4 is 11.8 Å². The van der Waals surface area contributed by atoms with Crippen molar-refractivity contribution in [1.82, 2.24) is 20.0 Å². The Morgan fingerprint density at radius 1 is 1.00 bits per heavy atom. The minimum atomic E-state index is -0.574. The monoisotopic (exact) mass is 466 g/mol. The van der Waals surface area contributed by atoms with Gasteiger partial charge in [0.05, 0.1) is 5.41 Å². The van der Waals surface area contributed by atoms with Crippen LogP contribution in [0.4, 0.5) is 4.39 Å². The molecule has 2 amide bonds. The van der Waals surface area contributed by atoms with Gasteiger partial charge in [-0.3, -0.25) is 14.5 Å². The van der Waals surface area contributed by atoms with Gasteiger partial charge in [0.15, 0.2) is 0 Å². The van der Waals surface area contributed by atoms with E-state index in [0.29, 0.717) is 32.6 Å². The van der Waals surface area contributed by atoms with Crippen LogP contribution in [0.1, 0.15) is 24.0 Å². The predicted octanol–water partition coefficient (Wildman–Crippen LogP) is 2.54. The van der Waals surface area contributed by atoms with Crippen LogP contribution >= 0.6 is 0 Å². The molecule has 2 aliphatic heterocycles. The molecule has 0 radical (unpaired) electrons. The van der Waals surface area contributed by atoms with E-state index in [1.807, 2.05) is 29.2 Å². The van der Waals surface area contributed by atoms with Crippen molar-refractivity contribution in [3.8, 4) is 0 Å². The van der Waals surface area contributed by atoms with E-state index in [4.69, 9.17) is 0 Å². The molecule has 182 valence electrons. The lowest BCUT2D eigenvalue weighted by atomic mass is 9.72. The number of nitrogens with zero attached hydrogens (tertiary/aromatic N) is 3. The zero-order valence-electron chi connectivity index (χ0n) is 20.2. The number of benzene rings is 2. The maximum atomic E-state index is 14.1. The number of rotatable bonds is 6. The van der Waals surface area contributed by atoms with E-state index >= 15 is 0 Å². The molecule has 34 heavy (non-hydrogen) atoms. The van der Waals surface area contributed by atoms with Crippen molar-refractivity contribution in [3.05, 3.63) is 71.5 Å². The predicted molar refractivity (Wildman–Crippen MR) is 131 cm³/mol. The van der Waals surface area contributed by atoms with Gasteiger partial charge in [-0.15, -0.1) is 0 Å². The first-order valence-electron chi connectivity index (χ1n) is 12.1. The lowest BCUT2D eigenvalue weighted by Crippen LogP contribution is -2.62. The molecule has 0 saturated carbocycles. The fraction of sp³-hybridized carbons (Fsp3) is 0.481. The summed E-state index contributed by atoms with van der Waals surface area (Å²) in [5.41, 5.74) is 1.42. The third-order valence-corrected chi connectivity index (χ3v) is 7.39. The highest BCUT2D eigenvalue weighted by molar-refractivity contribution is 5.86. The summed E-state index contributed by atoms with van der Waals surface area (Å²) in [5.74, 6) is -0.253. The van der Waals surface area contributed by atoms with Crippen LogP contribution in [-0.2, 0) is 22.6 Å². The van der Waals surface area contributed by atoms with Crippen LogP contribution in [0.3, 0.4) is 0 Å². The van der Waals surface area contributed by atoms with Crippen LogP contribution < -0.4 is 5.32 Å². The van der Waals surface area contributed by atoms with Crippen molar-refractivity contribution < 1.29 is 14.0 Å². The Morgan fingerprint density at radius 2 is 1.71 bits per heavy atom. The molecule has 6 nitrogen and oxygen atoms in total. The van der Waals surface area contributed by atoms with Crippen molar-refractivity contribution in [1.29, 1.82) is 0 Å². The Balaban J connectivity index is 1.54. The van der Waals surface area contributed by atoms with Gasteiger partial charge in [0.25, 0.3) is 0 Å². The first kappa shape index (κ1) is 24.4. The number of piperidine rings is 1. The number of likely N-dealkylation sites (N-methyl/N-ethyl adjacent to an activating group) is 1. The minimum Gasteiger partial charge on any atom is -0.358 e. The van der Waals surface area contributed by atoms with Crippen molar-refractivity contribution in [2.75, 3.05) is 46.8 Å². The second-order valence-electron chi connectivity index (χ2n) is 9.73. The first-order chi connectivity index (χ1) is 16.4. The van der Waals surface area contributed by atoms with Gasteiger partial charge in [0.1, 0.15) is 11.9 Å². The molecule has 0 spiro atoms. The Labute approximate surface area is 201 Å². The highest BCUT2D eigenvalue weighted by Gasteiger charge is 2.45. The second kappa shape index (κ2) is 10.7. The second-order valence-corrected chi connectivity index (χ2v) is 9.73. The highest BCUT2D eigenvalue weighted by Crippen LogP contribution is 2.38. The molecular formula is C27H35FN4O2. The molecule has 2 saturated heterocycles. The number of carbonyl (C=O) groups is 2. The van der Waals surface area contributed by atoms with Crippen molar-refractivity contribution in [2.24, 2.45) is 5.41 Å². The Kier molecular flexibility index (Phi) is 7.63. The summed E-state index contributed by atoms with van der Waals surface area (Å²) in [6.45, 7) is 3.91. The zero-order chi connectivity index (χ0) is 24.1. The van der Waals surface area contributed by atoms with Crippen molar-refractivity contribution in [2.45, 2.75) is 31.8 Å². The number of likely N-dealkylation sites (tertiary alicyclic amines) is 1. The van der Waals surface area contributed by atoms with E-state index in [2.05, 4.69) is 34.3 Å². The van der Waals surface area contributed by atoms with Crippen LogP contribution in [0.2, 0.25) is 0 Å². The molecule has 2 heterocycles. The van der Waals surface area contributed by atoms with Gasteiger partial charge < -0.3 is 15.1 Å². The smallest absolute Gasteiger partial charge is 0.238 e. The topological polar surface area (TPSA) is 55.9 Å². The molecule has 1 atom stereocenters. The Morgan fingerprint density at radius 3 is 2.38 bits per heavy atom. The Hall–Kier alpha value is -2.77. The van der Waals surface area contributed by atoms with E-state index in [9.17, 15) is 14.0 Å². The highest BCUT2D eigenvalue weighted by atomic mass is 19.1. The summed E-state index contributed by atoms with van der Waals surface area (Å²) in [6, 6.07) is 16.3. The van der Waals surface area contributed by atoms with Crippen LogP contribution in [0.25, 0.3) is 0 Å². The fourth-order valence-corrected chi connectivity index (χ4v) is 5.31. The van der Waals surface area contributed by atoms with Gasteiger partial charge in [0, 0.05) is 33.2 Å². The van der Waals surface area contributed by atoms with Crippen LogP contribution in [0.15, 0.2) is 54.6 Å². The van der Waals surface area contributed by atoms with Gasteiger partial charge >= 0.3 is 0 Å². The first-order valence-corrected chi connectivity index (χ1v) is 12.1. The molecule has 2 aliphatic rings. The SMILES string of the molecule is CNC(=O)[C@@H]1CN(C(=O)C2(Cc3cccc(F)c3)CCN(C)CC2)CCN1Cc1ccccc1. The summed E-state index contributed by atoms with van der Waals surface area (Å²) < 4.78 is 13.9. The number of nitrogens with one attached hydrogen (secondary N) is 1. The third-order valence-electron chi connectivity index (χ3n) is 7.39. The molecule has 1 N–H and O–H groups in total. The average Bonchev–Trinajstić information content (AvgIpc) is 2.85. The zero-order valence-corrected chi connectivity index (χ0v) is 20.2. The molecular weight excluding hydrogens is 431 g/mol. The lowest BCUT2D eigenvalue weighted by molar-refractivity contribution is -0.150. The van der Waals surface area contributed by atoms with E-state index < -0.39 is 11.5 Å². The normalized spacial score (nSPS) is 21.3. The van der Waals surface area contributed by atoms with Crippen LogP contribution in [-0.4, -0.2) is 79.4 Å². The molecule has 4 rings (SSSR count). The summed E-state index contributed by atoms with van der Waals surface area (Å²) >= 11 is 0. The Bertz CT molecular complexity index is 991. The van der Waals surface area contributed by atoms with Crippen molar-refractivity contribution in [3.63, 3.8) is 0 Å². The standard InChI is InChI=1S/C27H35FN4O2/c1-29-25(33)24-20-32(16-15-31(24)19-21-7-4-3-5-8-21)26(34)27(11-13-30(2)14-12-27)18-22-9-6-10-23(28)17-22/h3-10,17,24H,11-16,18-20H2,1-2H3,(H,29,33)/t24-/m0/s1. The molecule has 0 aromatic heterocycles. The van der Waals surface area contributed by atoms with Crippen LogP contribution in [0.5, 0.6) is 0 Å². The molecule has 2 fully saturated rings. The average molecular weight is 467 g/mol. The summed E-state index contributed by atoms with van der Waals surface area (Å²) in [5, 5.41) is 2.78. The number of hydrogen-bond acceptors (Lipinski definition) is 4. The molecule has 0 bridgehead atoms.